The molecule has 1 heterocycles. The molecule has 3 rings (SSSR count). The number of carboxylic acids is 1. The lowest BCUT2D eigenvalue weighted by Crippen LogP contribution is -2.62. The number of carbonyl (C=O) groups excluding carboxylic acids is 14. The zero-order chi connectivity index (χ0) is 87.8. The molecule has 25 N–H and O–H groups in total. The summed E-state index contributed by atoms with van der Waals surface area (Å²) in [6.07, 6.45) is 0.315. The zero-order valence-corrected chi connectivity index (χ0v) is 70.6. The van der Waals surface area contributed by atoms with Gasteiger partial charge in [0, 0.05) is 30.9 Å². The highest BCUT2D eigenvalue weighted by molar-refractivity contribution is 7.80. The molecule has 0 bridgehead atoms. The van der Waals surface area contributed by atoms with Crippen LogP contribution in [0.25, 0.3) is 0 Å². The Morgan fingerprint density at radius 1 is 0.453 bits per heavy atom. The highest BCUT2D eigenvalue weighted by Crippen LogP contribution is 2.24. The number of carboxylic acid groups (broad SMARTS) is 1. The van der Waals surface area contributed by atoms with E-state index in [1.807, 2.05) is 13.8 Å². The number of rotatable bonds is 55. The number of aliphatic carboxylic acids is 1. The molecule has 2 aromatic rings. The molecule has 1 aliphatic rings. The fraction of sp³-hybridized carbons (Fsp3) is 0.658. The molecule has 36 nitrogen and oxygen atoms in total. The second-order valence-corrected chi connectivity index (χ2v) is 31.9. The SMILES string of the molecule is CC[C@H](C)[C@H](NC(=O)[C@@H]1CCCN1C(=O)[C@H](CC(C)C)NC(=O)[C@H](Cc1ccccc1)NC(=O)[C@H](Cc1ccc(O)cc1)NC(=O)[C@H](CCCCN)NC(=O)[C@@H](NC(=O)[C@@H](N)CS)[C@@H](C)O)C(=O)N[C@@H](CC(C)C)C(=O)N[C@@H](CCCCN)C(=O)N[C@@H](CC(N)=O)C(=O)N[C@@H](CS)C(=O)N[C@@H](CCCCN)C(=O)N[C@@H](CC(C)C)C(=O)O. The first-order valence-electron chi connectivity index (χ1n) is 40.4. The minimum Gasteiger partial charge on any atom is -0.508 e. The van der Waals surface area contributed by atoms with Crippen molar-refractivity contribution >= 4 is 114 Å². The molecule has 16 atom stereocenters. The molecule has 0 unspecified atom stereocenters. The Hall–Kier alpha value is -9.21. The number of nitrogens with zero attached hydrogens (tertiary/aromatic N) is 1. The molecule has 656 valence electrons. The Bertz CT molecular complexity index is 3570. The van der Waals surface area contributed by atoms with Gasteiger partial charge in [0.1, 0.15) is 84.3 Å². The molecule has 14 amide bonds. The van der Waals surface area contributed by atoms with Crippen LogP contribution in [-0.4, -0.2) is 237 Å². The van der Waals surface area contributed by atoms with Crippen LogP contribution in [0.1, 0.15) is 176 Å². The summed E-state index contributed by atoms with van der Waals surface area (Å²) in [6, 6.07) is -5.16. The average molecular weight is 1680 g/mol. The first-order chi connectivity index (χ1) is 55.3. The number of nitrogens with two attached hydrogens (primary N) is 5. The molecule has 2 aromatic carbocycles. The number of phenolic OH excluding ortho intramolecular Hbond substituents is 1. The summed E-state index contributed by atoms with van der Waals surface area (Å²) in [7, 11) is 0. The molecular formula is C79H130N18O18S2. The summed E-state index contributed by atoms with van der Waals surface area (Å²) in [4.78, 5) is 213. The number of hydrogen-bond donors (Lipinski definition) is 22. The lowest BCUT2D eigenvalue weighted by molar-refractivity contribution is -0.143. The fourth-order valence-corrected chi connectivity index (χ4v) is 13.4. The third kappa shape index (κ3) is 36.3. The van der Waals surface area contributed by atoms with Crippen LogP contribution in [0, 0.1) is 23.7 Å². The van der Waals surface area contributed by atoms with Crippen molar-refractivity contribution in [1.82, 2.24) is 68.7 Å². The predicted molar refractivity (Wildman–Crippen MR) is 445 cm³/mol. The van der Waals surface area contributed by atoms with E-state index in [0.29, 0.717) is 56.1 Å². The minimum atomic E-state index is -1.76. The van der Waals surface area contributed by atoms with Gasteiger partial charge in [0.05, 0.1) is 18.6 Å². The standard InChI is InChI=1S/C79H130N18O18S2/c1-10-46(8)64(76(111)91-55(35-43(2)3)70(105)85-52(23-14-17-31-80)67(102)90-58(40-63(84)100)73(108)94-61(42-117)74(109)86-53(24-15-18-32-81)69(104)93-60(79(114)115)37-45(6)7)95-75(110)62-26-20-34-97(62)78(113)59(36-44(4)5)92-72(107)56(38-48-21-12-11-13-22-48)89-71(106)57(39-49-27-29-50(99)30-28-49)88-68(103)54(25-16-19-33-82)87-77(112)65(47(9)98)96-66(101)51(83)41-116/h11-13,21-22,27-30,43-47,51-62,64-65,98-99,116-117H,10,14-20,23-26,31-42,80-83H2,1-9H3,(H2,84,100)(H,85,105)(H,86,109)(H,87,112)(H,88,103)(H,89,106)(H,90,102)(H,91,111)(H,92,107)(H,93,104)(H,94,108)(H,95,110)(H,96,101)(H,114,115)/t46-,47+,51-,52-,53-,54-,55-,56-,57-,58-,59-,60-,61-,62-,64-,65-/m0/s1. The maximum Gasteiger partial charge on any atom is 0.326 e. The molecule has 1 fully saturated rings. The number of thiol groups is 2. The van der Waals surface area contributed by atoms with Gasteiger partial charge in [-0.25, -0.2) is 4.79 Å². The molecule has 0 spiro atoms. The molecule has 0 aromatic heterocycles. The zero-order valence-electron chi connectivity index (χ0n) is 68.8. The van der Waals surface area contributed by atoms with Gasteiger partial charge in [-0.15, -0.1) is 0 Å². The average Bonchev–Trinajstić information content (AvgIpc) is 1.79. The summed E-state index contributed by atoms with van der Waals surface area (Å²) < 4.78 is 0. The Morgan fingerprint density at radius 3 is 1.28 bits per heavy atom. The van der Waals surface area contributed by atoms with E-state index < -0.39 is 192 Å². The van der Waals surface area contributed by atoms with Gasteiger partial charge < -0.3 is 113 Å². The second-order valence-electron chi connectivity index (χ2n) is 31.2. The summed E-state index contributed by atoms with van der Waals surface area (Å²) in [6.45, 7) is 16.1. The summed E-state index contributed by atoms with van der Waals surface area (Å²) in [5.41, 5.74) is 29.8. The number of phenols is 1. The monoisotopic (exact) mass is 1680 g/mol. The fourth-order valence-electron chi connectivity index (χ4n) is 13.0. The smallest absolute Gasteiger partial charge is 0.326 e. The van der Waals surface area contributed by atoms with E-state index in [1.54, 1.807) is 71.9 Å². The van der Waals surface area contributed by atoms with E-state index in [2.05, 4.69) is 89.1 Å². The molecular weight excluding hydrogens is 1550 g/mol. The van der Waals surface area contributed by atoms with Gasteiger partial charge in [-0.1, -0.05) is 104 Å². The van der Waals surface area contributed by atoms with Gasteiger partial charge in [0.25, 0.3) is 0 Å². The maximum atomic E-state index is 15.2. The molecule has 0 aliphatic carbocycles. The van der Waals surface area contributed by atoms with Crippen molar-refractivity contribution in [2.75, 3.05) is 37.7 Å². The van der Waals surface area contributed by atoms with Gasteiger partial charge >= 0.3 is 5.97 Å². The number of hydrogen-bond acceptors (Lipinski definition) is 23. The van der Waals surface area contributed by atoms with Crippen LogP contribution in [0.4, 0.5) is 0 Å². The molecule has 1 saturated heterocycles. The molecule has 0 saturated carbocycles. The van der Waals surface area contributed by atoms with Crippen molar-refractivity contribution in [3.8, 4) is 5.75 Å². The number of aromatic hydroxyl groups is 1. The Kier molecular flexibility index (Phi) is 46.4. The largest absolute Gasteiger partial charge is 0.508 e. The normalized spacial score (nSPS) is 16.5. The van der Waals surface area contributed by atoms with Crippen LogP contribution in [0.3, 0.4) is 0 Å². The van der Waals surface area contributed by atoms with Crippen molar-refractivity contribution in [2.45, 2.75) is 269 Å². The maximum absolute atomic E-state index is 15.2. The Morgan fingerprint density at radius 2 is 0.838 bits per heavy atom. The summed E-state index contributed by atoms with van der Waals surface area (Å²) >= 11 is 8.29. The van der Waals surface area contributed by atoms with E-state index in [4.69, 9.17) is 28.7 Å². The van der Waals surface area contributed by atoms with Crippen LogP contribution in [0.2, 0.25) is 0 Å². The number of amides is 14. The Balaban J connectivity index is 1.97. The van der Waals surface area contributed by atoms with Crippen LogP contribution in [0.5, 0.6) is 5.75 Å². The van der Waals surface area contributed by atoms with E-state index in [1.165, 1.54) is 36.1 Å². The quantitative estimate of drug-likeness (QED) is 0.0254. The van der Waals surface area contributed by atoms with Crippen molar-refractivity contribution in [1.29, 1.82) is 0 Å². The number of nitrogens with one attached hydrogen (secondary N) is 12. The van der Waals surface area contributed by atoms with Gasteiger partial charge in [0.15, 0.2) is 0 Å². The molecule has 117 heavy (non-hydrogen) atoms. The summed E-state index contributed by atoms with van der Waals surface area (Å²) in [5.74, 6) is -15.3. The van der Waals surface area contributed by atoms with Crippen LogP contribution < -0.4 is 92.5 Å². The van der Waals surface area contributed by atoms with Crippen molar-refractivity contribution in [3.05, 3.63) is 65.7 Å². The van der Waals surface area contributed by atoms with Gasteiger partial charge in [-0.05, 0) is 163 Å². The van der Waals surface area contributed by atoms with Gasteiger partial charge in [0.2, 0.25) is 82.7 Å². The first-order valence-corrected chi connectivity index (χ1v) is 41.6. The van der Waals surface area contributed by atoms with Gasteiger partial charge in [-0.2, -0.15) is 25.3 Å². The van der Waals surface area contributed by atoms with Crippen molar-refractivity contribution in [3.63, 3.8) is 0 Å². The van der Waals surface area contributed by atoms with E-state index in [0.717, 1.165) is 0 Å². The van der Waals surface area contributed by atoms with E-state index in [9.17, 15) is 77.6 Å². The highest BCUT2D eigenvalue weighted by Gasteiger charge is 2.43. The first kappa shape index (κ1) is 102. The lowest BCUT2D eigenvalue weighted by Gasteiger charge is -2.33. The van der Waals surface area contributed by atoms with Crippen LogP contribution in [-0.2, 0) is 84.8 Å². The minimum absolute atomic E-state index is 0.00767. The van der Waals surface area contributed by atoms with Crippen LogP contribution in [0.15, 0.2) is 54.6 Å². The number of benzene rings is 2. The van der Waals surface area contributed by atoms with E-state index in [-0.39, 0.29) is 125 Å². The molecule has 1 aliphatic heterocycles. The van der Waals surface area contributed by atoms with Crippen LogP contribution >= 0.6 is 25.3 Å². The highest BCUT2D eigenvalue weighted by atomic mass is 32.1. The predicted octanol–water partition coefficient (Wildman–Crippen LogP) is -1.91. The topological polar surface area (TPSA) is 594 Å². The number of aliphatic hydroxyl groups is 1. The van der Waals surface area contributed by atoms with Gasteiger partial charge in [-0.3, -0.25) is 67.1 Å². The Labute approximate surface area is 696 Å². The third-order valence-electron chi connectivity index (χ3n) is 19.7. The number of primary amides is 1. The lowest BCUT2D eigenvalue weighted by atomic mass is 9.96. The van der Waals surface area contributed by atoms with Crippen molar-refractivity contribution in [2.24, 2.45) is 52.3 Å². The molecule has 38 heteroatoms. The summed E-state index contributed by atoms with van der Waals surface area (Å²) in [5, 5.41) is 62.2. The number of unbranched alkanes of at least 4 members (excludes halogenated alkanes) is 3. The van der Waals surface area contributed by atoms with E-state index >= 15 is 9.59 Å². The third-order valence-corrected chi connectivity index (χ3v) is 20.5. The van der Waals surface area contributed by atoms with Crippen molar-refractivity contribution < 1.29 is 87.2 Å². The number of likely N-dealkylation sites (tertiary alicyclic amines) is 1. The number of aliphatic hydroxyl groups excluding tert-OH is 1. The number of carbonyl (C=O) groups is 15. The second kappa shape index (κ2) is 53.3. The molecule has 0 radical (unpaired) electrons.